The first-order valence-electron chi connectivity index (χ1n) is 6.08. The van der Waals surface area contributed by atoms with Crippen LogP contribution in [-0.2, 0) is 11.3 Å². The SMILES string of the molecule is CC(Nc1c(F)cccc1Br)C(=O)NCc1ccco1. The zero-order chi connectivity index (χ0) is 14.5. The van der Waals surface area contributed by atoms with Gasteiger partial charge in [-0.15, -0.1) is 0 Å². The smallest absolute Gasteiger partial charge is 0.242 e. The molecule has 106 valence electrons. The highest BCUT2D eigenvalue weighted by atomic mass is 79.9. The third-order valence-corrected chi connectivity index (χ3v) is 3.39. The van der Waals surface area contributed by atoms with Crippen LogP contribution in [0.25, 0.3) is 0 Å². The van der Waals surface area contributed by atoms with E-state index in [0.29, 0.717) is 16.8 Å². The Morgan fingerprint density at radius 3 is 2.85 bits per heavy atom. The van der Waals surface area contributed by atoms with Gasteiger partial charge >= 0.3 is 0 Å². The van der Waals surface area contributed by atoms with E-state index in [-0.39, 0.29) is 11.6 Å². The second-order valence-electron chi connectivity index (χ2n) is 4.26. The fraction of sp³-hybridized carbons (Fsp3) is 0.214. The van der Waals surface area contributed by atoms with Gasteiger partial charge in [-0.2, -0.15) is 0 Å². The van der Waals surface area contributed by atoms with Crippen molar-refractivity contribution >= 4 is 27.5 Å². The van der Waals surface area contributed by atoms with E-state index in [9.17, 15) is 9.18 Å². The standard InChI is InChI=1S/C14H14BrFN2O2/c1-9(14(19)17-8-10-4-3-7-20-10)18-13-11(15)5-2-6-12(13)16/h2-7,9,18H,8H2,1H3,(H,17,19). The lowest BCUT2D eigenvalue weighted by Crippen LogP contribution is -2.37. The minimum atomic E-state index is -0.571. The molecule has 1 atom stereocenters. The summed E-state index contributed by atoms with van der Waals surface area (Å²) in [6.07, 6.45) is 1.54. The molecule has 2 N–H and O–H groups in total. The van der Waals surface area contributed by atoms with Crippen molar-refractivity contribution in [2.75, 3.05) is 5.32 Å². The van der Waals surface area contributed by atoms with E-state index < -0.39 is 11.9 Å². The molecule has 2 aromatic rings. The van der Waals surface area contributed by atoms with Crippen LogP contribution in [0.4, 0.5) is 10.1 Å². The molecule has 0 saturated heterocycles. The molecule has 0 radical (unpaired) electrons. The molecule has 0 aliphatic heterocycles. The van der Waals surface area contributed by atoms with Crippen LogP contribution in [-0.4, -0.2) is 11.9 Å². The first kappa shape index (κ1) is 14.6. The van der Waals surface area contributed by atoms with Crippen LogP contribution in [0, 0.1) is 5.82 Å². The highest BCUT2D eigenvalue weighted by molar-refractivity contribution is 9.10. The fourth-order valence-electron chi connectivity index (χ4n) is 1.66. The molecule has 4 nitrogen and oxygen atoms in total. The van der Waals surface area contributed by atoms with Gasteiger partial charge in [0.2, 0.25) is 5.91 Å². The van der Waals surface area contributed by atoms with Crippen molar-refractivity contribution in [1.29, 1.82) is 0 Å². The van der Waals surface area contributed by atoms with Gasteiger partial charge in [0, 0.05) is 4.47 Å². The molecule has 1 heterocycles. The zero-order valence-corrected chi connectivity index (χ0v) is 12.4. The molecule has 0 saturated carbocycles. The van der Waals surface area contributed by atoms with Gasteiger partial charge < -0.3 is 15.1 Å². The third-order valence-electron chi connectivity index (χ3n) is 2.73. The number of benzene rings is 1. The van der Waals surface area contributed by atoms with Crippen molar-refractivity contribution in [1.82, 2.24) is 5.32 Å². The predicted octanol–water partition coefficient (Wildman–Crippen LogP) is 3.30. The molecule has 0 spiro atoms. The molecule has 6 heteroatoms. The van der Waals surface area contributed by atoms with Crippen molar-refractivity contribution in [3.8, 4) is 0 Å². The van der Waals surface area contributed by atoms with Crippen molar-refractivity contribution in [3.05, 3.63) is 52.6 Å². The number of carbonyl (C=O) groups is 1. The van der Waals surface area contributed by atoms with E-state index in [1.165, 1.54) is 6.07 Å². The van der Waals surface area contributed by atoms with E-state index in [1.54, 1.807) is 37.5 Å². The molecule has 1 unspecified atom stereocenters. The van der Waals surface area contributed by atoms with Gasteiger partial charge in [-0.05, 0) is 47.1 Å². The number of rotatable bonds is 5. The number of nitrogens with one attached hydrogen (secondary N) is 2. The van der Waals surface area contributed by atoms with Gasteiger partial charge in [-0.25, -0.2) is 4.39 Å². The first-order chi connectivity index (χ1) is 9.58. The number of halogens is 2. The zero-order valence-electron chi connectivity index (χ0n) is 10.8. The summed E-state index contributed by atoms with van der Waals surface area (Å²) in [5.74, 6) is 0.0132. The molecular weight excluding hydrogens is 327 g/mol. The average Bonchev–Trinajstić information content (AvgIpc) is 2.93. The minimum absolute atomic E-state index is 0.239. The summed E-state index contributed by atoms with van der Waals surface area (Å²) in [5, 5.41) is 5.55. The minimum Gasteiger partial charge on any atom is -0.467 e. The second-order valence-corrected chi connectivity index (χ2v) is 5.11. The van der Waals surface area contributed by atoms with Gasteiger partial charge in [0.1, 0.15) is 17.6 Å². The molecule has 20 heavy (non-hydrogen) atoms. The summed E-state index contributed by atoms with van der Waals surface area (Å²) < 4.78 is 19.3. The summed E-state index contributed by atoms with van der Waals surface area (Å²) in [6.45, 7) is 1.96. The Bertz CT molecular complexity index is 567. The van der Waals surface area contributed by atoms with Crippen molar-refractivity contribution in [2.45, 2.75) is 19.5 Å². The number of anilines is 1. The van der Waals surface area contributed by atoms with Crippen LogP contribution in [0.2, 0.25) is 0 Å². The molecule has 1 aromatic carbocycles. The van der Waals surface area contributed by atoms with Crippen LogP contribution in [0.15, 0.2) is 45.5 Å². The lowest BCUT2D eigenvalue weighted by Gasteiger charge is -2.16. The normalized spacial score (nSPS) is 11.9. The maximum Gasteiger partial charge on any atom is 0.242 e. The maximum absolute atomic E-state index is 13.6. The fourth-order valence-corrected chi connectivity index (χ4v) is 2.11. The Morgan fingerprint density at radius 2 is 2.20 bits per heavy atom. The van der Waals surface area contributed by atoms with E-state index in [1.807, 2.05) is 0 Å². The molecule has 0 aliphatic rings. The molecule has 1 aromatic heterocycles. The van der Waals surface area contributed by atoms with Crippen LogP contribution >= 0.6 is 15.9 Å². The van der Waals surface area contributed by atoms with Crippen LogP contribution in [0.3, 0.4) is 0 Å². The van der Waals surface area contributed by atoms with Gasteiger partial charge in [0.05, 0.1) is 18.5 Å². The Kier molecular flexibility index (Phi) is 4.79. The van der Waals surface area contributed by atoms with Gasteiger partial charge in [-0.3, -0.25) is 4.79 Å². The van der Waals surface area contributed by atoms with E-state index in [0.717, 1.165) is 0 Å². The summed E-state index contributed by atoms with van der Waals surface area (Å²) >= 11 is 3.25. The van der Waals surface area contributed by atoms with Crippen molar-refractivity contribution in [3.63, 3.8) is 0 Å². The number of hydrogen-bond donors (Lipinski definition) is 2. The topological polar surface area (TPSA) is 54.3 Å². The predicted molar refractivity (Wildman–Crippen MR) is 77.7 cm³/mol. The van der Waals surface area contributed by atoms with E-state index in [4.69, 9.17) is 4.42 Å². The Hall–Kier alpha value is -1.82. The number of hydrogen-bond acceptors (Lipinski definition) is 3. The molecule has 0 bridgehead atoms. The number of carbonyl (C=O) groups excluding carboxylic acids is 1. The second kappa shape index (κ2) is 6.56. The van der Waals surface area contributed by atoms with Gasteiger partial charge in [0.15, 0.2) is 0 Å². The quantitative estimate of drug-likeness (QED) is 0.877. The highest BCUT2D eigenvalue weighted by Crippen LogP contribution is 2.25. The van der Waals surface area contributed by atoms with E-state index >= 15 is 0 Å². The molecular formula is C14H14BrFN2O2. The first-order valence-corrected chi connectivity index (χ1v) is 6.88. The third kappa shape index (κ3) is 3.60. The van der Waals surface area contributed by atoms with Crippen LogP contribution in [0.5, 0.6) is 0 Å². The Labute approximate surface area is 124 Å². The summed E-state index contributed by atoms with van der Waals surface area (Å²) in [7, 11) is 0. The van der Waals surface area contributed by atoms with E-state index in [2.05, 4.69) is 26.6 Å². The Balaban J connectivity index is 1.94. The van der Waals surface area contributed by atoms with Crippen molar-refractivity contribution < 1.29 is 13.6 Å². The van der Waals surface area contributed by atoms with Crippen molar-refractivity contribution in [2.24, 2.45) is 0 Å². The average molecular weight is 341 g/mol. The molecule has 0 aliphatic carbocycles. The summed E-state index contributed by atoms with van der Waals surface area (Å²) in [4.78, 5) is 11.9. The number of amides is 1. The Morgan fingerprint density at radius 1 is 1.40 bits per heavy atom. The number of furan rings is 1. The van der Waals surface area contributed by atoms with Crippen LogP contribution in [0.1, 0.15) is 12.7 Å². The largest absolute Gasteiger partial charge is 0.467 e. The summed E-state index contributed by atoms with van der Waals surface area (Å²) in [5.41, 5.74) is 0.271. The molecule has 0 fully saturated rings. The van der Waals surface area contributed by atoms with Gasteiger partial charge in [-0.1, -0.05) is 6.07 Å². The lowest BCUT2D eigenvalue weighted by atomic mass is 10.2. The molecule has 1 amide bonds. The van der Waals surface area contributed by atoms with Gasteiger partial charge in [0.25, 0.3) is 0 Å². The molecule has 2 rings (SSSR count). The maximum atomic E-state index is 13.6. The highest BCUT2D eigenvalue weighted by Gasteiger charge is 2.16. The lowest BCUT2D eigenvalue weighted by molar-refractivity contribution is -0.121. The van der Waals surface area contributed by atoms with Crippen LogP contribution < -0.4 is 10.6 Å². The monoisotopic (exact) mass is 340 g/mol. The number of para-hydroxylation sites is 1. The summed E-state index contributed by atoms with van der Waals surface area (Å²) in [6, 6.07) is 7.58.